The van der Waals surface area contributed by atoms with Crippen LogP contribution in [0.4, 0.5) is 0 Å². The third kappa shape index (κ3) is 1.45. The highest BCUT2D eigenvalue weighted by atomic mass is 35.5. The van der Waals surface area contributed by atoms with E-state index in [1.54, 1.807) is 0 Å². The van der Waals surface area contributed by atoms with Crippen molar-refractivity contribution in [3.05, 3.63) is 46.6 Å². The number of allylic oxidation sites excluding steroid dienone is 1. The molecule has 1 aromatic rings. The lowest BCUT2D eigenvalue weighted by Gasteiger charge is -2.15. The van der Waals surface area contributed by atoms with E-state index in [9.17, 15) is 0 Å². The minimum atomic E-state index is 0.530. The van der Waals surface area contributed by atoms with Crippen LogP contribution in [0.5, 0.6) is 0 Å². The van der Waals surface area contributed by atoms with Gasteiger partial charge in [0.15, 0.2) is 0 Å². The number of hydrogen-bond acceptors (Lipinski definition) is 2. The average molecular weight is 193 g/mol. The summed E-state index contributed by atoms with van der Waals surface area (Å²) in [5.41, 5.74) is 8.59. The molecule has 0 amide bonds. The Morgan fingerprint density at radius 3 is 3.00 bits per heavy atom. The summed E-state index contributed by atoms with van der Waals surface area (Å²) >= 11 is 5.86. The molecule has 0 bridgehead atoms. The largest absolute Gasteiger partial charge is 0.383 e. The molecule has 0 fully saturated rings. The molecule has 1 aliphatic heterocycles. The fourth-order valence-electron chi connectivity index (χ4n) is 1.45. The van der Waals surface area contributed by atoms with Gasteiger partial charge in [-0.15, -0.1) is 0 Å². The van der Waals surface area contributed by atoms with Crippen LogP contribution < -0.4 is 5.73 Å². The zero-order valence-corrected chi connectivity index (χ0v) is 7.80. The van der Waals surface area contributed by atoms with E-state index < -0.39 is 0 Å². The van der Waals surface area contributed by atoms with Crippen molar-refractivity contribution < 1.29 is 0 Å². The SMILES string of the molecule is C=C1Cc2cc(Cl)ccc2C(N)=N1. The first-order chi connectivity index (χ1) is 6.16. The van der Waals surface area contributed by atoms with Crippen LogP contribution in [0, 0.1) is 0 Å². The Morgan fingerprint density at radius 1 is 1.46 bits per heavy atom. The van der Waals surface area contributed by atoms with Gasteiger partial charge < -0.3 is 5.73 Å². The number of nitrogens with two attached hydrogens (primary N) is 1. The highest BCUT2D eigenvalue weighted by molar-refractivity contribution is 6.30. The molecule has 0 saturated heterocycles. The third-order valence-corrected chi connectivity index (χ3v) is 2.25. The Balaban J connectivity index is 2.60. The van der Waals surface area contributed by atoms with Crippen molar-refractivity contribution in [2.75, 3.05) is 0 Å². The predicted octanol–water partition coefficient (Wildman–Crippen LogP) is 2.12. The van der Waals surface area contributed by atoms with Gasteiger partial charge in [0.1, 0.15) is 5.84 Å². The van der Waals surface area contributed by atoms with Gasteiger partial charge in [-0.3, -0.25) is 0 Å². The summed E-state index contributed by atoms with van der Waals surface area (Å²) in [5.74, 6) is 0.530. The highest BCUT2D eigenvalue weighted by Gasteiger charge is 2.13. The molecule has 0 atom stereocenters. The number of rotatable bonds is 0. The maximum atomic E-state index is 5.86. The van der Waals surface area contributed by atoms with Crippen LogP contribution in [-0.2, 0) is 6.42 Å². The Kier molecular flexibility index (Phi) is 1.85. The number of benzene rings is 1. The quantitative estimate of drug-likeness (QED) is 0.672. The van der Waals surface area contributed by atoms with Crippen molar-refractivity contribution in [1.82, 2.24) is 0 Å². The lowest BCUT2D eigenvalue weighted by Crippen LogP contribution is -2.19. The summed E-state index contributed by atoms with van der Waals surface area (Å²) in [5, 5.41) is 0.723. The first-order valence-corrected chi connectivity index (χ1v) is 4.35. The van der Waals surface area contributed by atoms with E-state index in [0.29, 0.717) is 5.84 Å². The zero-order chi connectivity index (χ0) is 9.42. The first-order valence-electron chi connectivity index (χ1n) is 3.97. The zero-order valence-electron chi connectivity index (χ0n) is 7.05. The molecular formula is C10H9ClN2. The Hall–Kier alpha value is -1.28. The molecule has 0 unspecified atom stereocenters. The van der Waals surface area contributed by atoms with Gasteiger partial charge in [0, 0.05) is 22.7 Å². The van der Waals surface area contributed by atoms with Crippen molar-refractivity contribution in [1.29, 1.82) is 0 Å². The van der Waals surface area contributed by atoms with E-state index >= 15 is 0 Å². The monoisotopic (exact) mass is 192 g/mol. The molecule has 2 rings (SSSR count). The molecule has 0 aromatic heterocycles. The summed E-state index contributed by atoms with van der Waals surface area (Å²) < 4.78 is 0. The average Bonchev–Trinajstić information content (AvgIpc) is 2.02. The van der Waals surface area contributed by atoms with Crippen LogP contribution >= 0.6 is 11.6 Å². The van der Waals surface area contributed by atoms with Crippen LogP contribution in [-0.4, -0.2) is 5.84 Å². The van der Waals surface area contributed by atoms with Gasteiger partial charge in [0.2, 0.25) is 0 Å². The van der Waals surface area contributed by atoms with Gasteiger partial charge in [0.25, 0.3) is 0 Å². The van der Waals surface area contributed by atoms with Crippen molar-refractivity contribution in [2.45, 2.75) is 6.42 Å². The molecule has 0 saturated carbocycles. The van der Waals surface area contributed by atoms with Crippen molar-refractivity contribution in [3.63, 3.8) is 0 Å². The molecule has 1 heterocycles. The van der Waals surface area contributed by atoms with E-state index in [4.69, 9.17) is 17.3 Å². The molecule has 13 heavy (non-hydrogen) atoms. The fraction of sp³-hybridized carbons (Fsp3) is 0.100. The summed E-state index contributed by atoms with van der Waals surface area (Å²) in [7, 11) is 0. The molecule has 66 valence electrons. The van der Waals surface area contributed by atoms with Crippen LogP contribution in [0.15, 0.2) is 35.5 Å². The third-order valence-electron chi connectivity index (χ3n) is 2.02. The molecule has 0 radical (unpaired) electrons. The van der Waals surface area contributed by atoms with Crippen LogP contribution in [0.2, 0.25) is 5.02 Å². The van der Waals surface area contributed by atoms with Gasteiger partial charge in [-0.25, -0.2) is 4.99 Å². The minimum Gasteiger partial charge on any atom is -0.383 e. The van der Waals surface area contributed by atoms with Crippen molar-refractivity contribution in [2.24, 2.45) is 10.7 Å². The van der Waals surface area contributed by atoms with E-state index in [2.05, 4.69) is 11.6 Å². The normalized spacial score (nSPS) is 15.2. The van der Waals surface area contributed by atoms with E-state index in [0.717, 1.165) is 28.3 Å². The van der Waals surface area contributed by atoms with Crippen LogP contribution in [0.3, 0.4) is 0 Å². The smallest absolute Gasteiger partial charge is 0.131 e. The molecule has 2 N–H and O–H groups in total. The molecule has 2 nitrogen and oxygen atoms in total. The Morgan fingerprint density at radius 2 is 2.23 bits per heavy atom. The minimum absolute atomic E-state index is 0.530. The second-order valence-electron chi connectivity index (χ2n) is 3.04. The van der Waals surface area contributed by atoms with Gasteiger partial charge in [-0.1, -0.05) is 18.2 Å². The number of aliphatic imine (C=N–C) groups is 1. The summed E-state index contributed by atoms with van der Waals surface area (Å²) in [6.45, 7) is 3.78. The number of halogens is 1. The van der Waals surface area contributed by atoms with Crippen molar-refractivity contribution in [3.8, 4) is 0 Å². The summed E-state index contributed by atoms with van der Waals surface area (Å²) in [6, 6.07) is 5.61. The predicted molar refractivity (Wildman–Crippen MR) is 55.0 cm³/mol. The molecule has 1 aliphatic rings. The molecule has 0 aliphatic carbocycles. The molecular weight excluding hydrogens is 184 g/mol. The molecule has 0 spiro atoms. The second kappa shape index (κ2) is 2.89. The maximum absolute atomic E-state index is 5.86. The lowest BCUT2D eigenvalue weighted by atomic mass is 10.00. The van der Waals surface area contributed by atoms with Gasteiger partial charge >= 0.3 is 0 Å². The Bertz CT molecular complexity index is 407. The second-order valence-corrected chi connectivity index (χ2v) is 3.48. The van der Waals surface area contributed by atoms with Gasteiger partial charge in [-0.05, 0) is 23.8 Å². The fourth-order valence-corrected chi connectivity index (χ4v) is 1.64. The number of nitrogens with zero attached hydrogens (tertiary/aromatic N) is 1. The molecule has 1 aromatic carbocycles. The lowest BCUT2D eigenvalue weighted by molar-refractivity contribution is 1.08. The van der Waals surface area contributed by atoms with E-state index in [1.807, 2.05) is 18.2 Å². The topological polar surface area (TPSA) is 38.4 Å². The summed E-state index contributed by atoms with van der Waals surface area (Å²) in [6.07, 6.45) is 0.733. The number of amidine groups is 1. The Labute approximate surface area is 81.7 Å². The van der Waals surface area contributed by atoms with Gasteiger partial charge in [-0.2, -0.15) is 0 Å². The first kappa shape index (κ1) is 8.32. The standard InChI is InChI=1S/C10H9ClN2/c1-6-4-7-5-8(11)2-3-9(7)10(12)13-6/h2-3,5H,1,4H2,(H2,12,13). The van der Waals surface area contributed by atoms with E-state index in [-0.39, 0.29) is 0 Å². The number of hydrogen-bond donors (Lipinski definition) is 1. The molecule has 3 heteroatoms. The van der Waals surface area contributed by atoms with E-state index in [1.165, 1.54) is 0 Å². The maximum Gasteiger partial charge on any atom is 0.131 e. The van der Waals surface area contributed by atoms with Crippen LogP contribution in [0.25, 0.3) is 0 Å². The number of fused-ring (bicyclic) bond motifs is 1. The van der Waals surface area contributed by atoms with Crippen molar-refractivity contribution >= 4 is 17.4 Å². The van der Waals surface area contributed by atoms with Crippen LogP contribution in [0.1, 0.15) is 11.1 Å². The summed E-state index contributed by atoms with van der Waals surface area (Å²) in [4.78, 5) is 4.11. The highest BCUT2D eigenvalue weighted by Crippen LogP contribution is 2.22. The van der Waals surface area contributed by atoms with Gasteiger partial charge in [0.05, 0.1) is 0 Å².